The molecule has 0 aromatic rings. The Balaban J connectivity index is 2.65. The maximum atomic E-state index is 3.35. The summed E-state index contributed by atoms with van der Waals surface area (Å²) < 4.78 is 0. The first-order valence-corrected chi connectivity index (χ1v) is 6.98. The van der Waals surface area contributed by atoms with Gasteiger partial charge in [0.2, 0.25) is 0 Å². The van der Waals surface area contributed by atoms with Crippen molar-refractivity contribution in [2.24, 2.45) is 0 Å². The summed E-state index contributed by atoms with van der Waals surface area (Å²) in [6.45, 7) is 2.26. The number of rotatable bonds is 7. The van der Waals surface area contributed by atoms with Gasteiger partial charge in [0.1, 0.15) is 0 Å². The number of hydrogen-bond donors (Lipinski definition) is 0. The molecule has 0 spiro atoms. The molecule has 0 aliphatic carbocycles. The fraction of sp³-hybridized carbons (Fsp3) is 1.00. The summed E-state index contributed by atoms with van der Waals surface area (Å²) in [7, 11) is 1.78. The minimum Gasteiger partial charge on any atom is -0.0836 e. The second-order valence-corrected chi connectivity index (χ2v) is 4.58. The van der Waals surface area contributed by atoms with E-state index in [-0.39, 0.29) is 0 Å². The molecule has 10 heavy (non-hydrogen) atoms. The first-order valence-electron chi connectivity index (χ1n) is 4.15. The van der Waals surface area contributed by atoms with Crippen LogP contribution in [0.3, 0.4) is 0 Å². The molecule has 0 aliphatic rings. The zero-order valence-corrected chi connectivity index (χ0v) is 9.14. The summed E-state index contributed by atoms with van der Waals surface area (Å²) in [5.41, 5.74) is 0. The van der Waals surface area contributed by atoms with Crippen molar-refractivity contribution in [3.05, 3.63) is 0 Å². The fourth-order valence-electron chi connectivity index (χ4n) is 0.937. The molecular formula is C8H17BrS. The molecule has 0 saturated carbocycles. The lowest BCUT2D eigenvalue weighted by atomic mass is 10.1. The van der Waals surface area contributed by atoms with Crippen molar-refractivity contribution < 1.29 is 0 Å². The van der Waals surface area contributed by atoms with Gasteiger partial charge >= 0.3 is 0 Å². The second-order valence-electron chi connectivity index (χ2n) is 2.58. The van der Waals surface area contributed by atoms with Gasteiger partial charge in [0.05, 0.1) is 0 Å². The van der Waals surface area contributed by atoms with Crippen LogP contribution in [0, 0.1) is 0 Å². The minimum atomic E-state index is 1.27. The number of unbranched alkanes of at least 4 members (excludes halogenated alkanes) is 5. The smallest absolute Gasteiger partial charge is 0.00425 e. The number of hydrogen-bond acceptors (Lipinski definition) is 1. The van der Waals surface area contributed by atoms with Crippen molar-refractivity contribution in [2.75, 3.05) is 5.75 Å². The monoisotopic (exact) mass is 224 g/mol. The van der Waals surface area contributed by atoms with Crippen LogP contribution < -0.4 is 0 Å². The highest BCUT2D eigenvalue weighted by Gasteiger charge is 1.88. The molecule has 0 atom stereocenters. The van der Waals surface area contributed by atoms with E-state index in [0.717, 1.165) is 0 Å². The van der Waals surface area contributed by atoms with E-state index in [2.05, 4.69) is 21.7 Å². The standard InChI is InChI=1S/C8H17BrS/c1-2-3-4-5-6-7-8-10-9/h2-8H2,1H3. The summed E-state index contributed by atoms with van der Waals surface area (Å²) in [6.07, 6.45) is 8.43. The molecule has 0 N–H and O–H groups in total. The molecule has 0 fully saturated rings. The molecular weight excluding hydrogens is 208 g/mol. The van der Waals surface area contributed by atoms with E-state index in [1.165, 1.54) is 44.3 Å². The van der Waals surface area contributed by atoms with Gasteiger partial charge in [0.15, 0.2) is 0 Å². The topological polar surface area (TPSA) is 0 Å². The van der Waals surface area contributed by atoms with Crippen LogP contribution in [-0.4, -0.2) is 5.75 Å². The molecule has 0 aromatic carbocycles. The van der Waals surface area contributed by atoms with Crippen molar-refractivity contribution in [1.82, 2.24) is 0 Å². The summed E-state index contributed by atoms with van der Waals surface area (Å²) in [4.78, 5) is 0. The minimum absolute atomic E-state index is 1.27. The Morgan fingerprint density at radius 2 is 1.60 bits per heavy atom. The first-order chi connectivity index (χ1) is 4.91. The van der Waals surface area contributed by atoms with Gasteiger partial charge < -0.3 is 0 Å². The van der Waals surface area contributed by atoms with Crippen LogP contribution in [0.5, 0.6) is 0 Å². The molecule has 0 saturated heterocycles. The van der Waals surface area contributed by atoms with E-state index in [4.69, 9.17) is 0 Å². The Hall–Kier alpha value is 0.830. The summed E-state index contributed by atoms with van der Waals surface area (Å²) in [5.74, 6) is 1.27. The highest BCUT2D eigenvalue weighted by molar-refractivity contribution is 9.50. The lowest BCUT2D eigenvalue weighted by Crippen LogP contribution is -1.79. The second kappa shape index (κ2) is 9.83. The average Bonchev–Trinajstić information content (AvgIpc) is 1.97. The third-order valence-corrected chi connectivity index (χ3v) is 2.99. The van der Waals surface area contributed by atoms with Gasteiger partial charge in [-0.15, -0.1) is 0 Å². The molecule has 0 unspecified atom stereocenters. The van der Waals surface area contributed by atoms with Crippen LogP contribution in [0.4, 0.5) is 0 Å². The molecule has 0 radical (unpaired) electrons. The Bertz CT molecular complexity index is 49.2. The van der Waals surface area contributed by atoms with Crippen LogP contribution in [0.2, 0.25) is 0 Å². The van der Waals surface area contributed by atoms with Crippen LogP contribution in [0.25, 0.3) is 0 Å². The lowest BCUT2D eigenvalue weighted by Gasteiger charge is -1.97. The average molecular weight is 225 g/mol. The van der Waals surface area contributed by atoms with E-state index in [9.17, 15) is 0 Å². The summed E-state index contributed by atoms with van der Waals surface area (Å²) in [6, 6.07) is 0. The molecule has 0 rings (SSSR count). The van der Waals surface area contributed by atoms with Crippen molar-refractivity contribution in [2.45, 2.75) is 45.4 Å². The van der Waals surface area contributed by atoms with E-state index < -0.39 is 0 Å². The van der Waals surface area contributed by atoms with Gasteiger partial charge in [-0.05, 0) is 21.2 Å². The molecule has 2 heteroatoms. The highest BCUT2D eigenvalue weighted by atomic mass is 79.9. The fourth-order valence-corrected chi connectivity index (χ4v) is 1.94. The zero-order chi connectivity index (χ0) is 7.66. The van der Waals surface area contributed by atoms with Gasteiger partial charge in [-0.1, -0.05) is 49.2 Å². The maximum Gasteiger partial charge on any atom is 0.00425 e. The molecule has 0 bridgehead atoms. The van der Waals surface area contributed by atoms with E-state index in [0.29, 0.717) is 0 Å². The Morgan fingerprint density at radius 3 is 2.20 bits per heavy atom. The SMILES string of the molecule is CCCCCCCCSBr. The normalized spacial score (nSPS) is 10.2. The van der Waals surface area contributed by atoms with Crippen LogP contribution in [0.15, 0.2) is 0 Å². The van der Waals surface area contributed by atoms with Gasteiger partial charge in [-0.25, -0.2) is 0 Å². The Labute approximate surface area is 76.4 Å². The quantitative estimate of drug-likeness (QED) is 0.579. The Kier molecular flexibility index (Phi) is 10.6. The predicted molar refractivity (Wildman–Crippen MR) is 54.8 cm³/mol. The van der Waals surface area contributed by atoms with E-state index in [1.54, 1.807) is 10.2 Å². The Morgan fingerprint density at radius 1 is 1.00 bits per heavy atom. The third-order valence-electron chi connectivity index (χ3n) is 1.58. The van der Waals surface area contributed by atoms with Crippen molar-refractivity contribution in [3.8, 4) is 0 Å². The molecule has 0 aliphatic heterocycles. The predicted octanol–water partition coefficient (Wildman–Crippen LogP) is 4.39. The van der Waals surface area contributed by atoms with Crippen LogP contribution in [-0.2, 0) is 0 Å². The highest BCUT2D eigenvalue weighted by Crippen LogP contribution is 2.13. The van der Waals surface area contributed by atoms with E-state index >= 15 is 0 Å². The van der Waals surface area contributed by atoms with Gasteiger partial charge in [-0.3, -0.25) is 0 Å². The lowest BCUT2D eigenvalue weighted by molar-refractivity contribution is 0.627. The molecule has 62 valence electrons. The van der Waals surface area contributed by atoms with Gasteiger partial charge in [-0.2, -0.15) is 0 Å². The van der Waals surface area contributed by atoms with Crippen LogP contribution >= 0.6 is 25.0 Å². The molecule has 0 amide bonds. The van der Waals surface area contributed by atoms with Crippen molar-refractivity contribution in [1.29, 1.82) is 0 Å². The molecule has 0 heterocycles. The van der Waals surface area contributed by atoms with Crippen molar-refractivity contribution in [3.63, 3.8) is 0 Å². The summed E-state index contributed by atoms with van der Waals surface area (Å²) >= 11 is 3.35. The maximum absolute atomic E-state index is 3.35. The van der Waals surface area contributed by atoms with E-state index in [1.807, 2.05) is 0 Å². The largest absolute Gasteiger partial charge is 0.0836 e. The molecule has 0 nitrogen and oxygen atoms in total. The van der Waals surface area contributed by atoms with Gasteiger partial charge in [0, 0.05) is 5.75 Å². The third kappa shape index (κ3) is 8.83. The number of halogens is 1. The van der Waals surface area contributed by atoms with Crippen LogP contribution in [0.1, 0.15) is 45.4 Å². The van der Waals surface area contributed by atoms with Gasteiger partial charge in [0.25, 0.3) is 0 Å². The molecule has 0 aromatic heterocycles. The van der Waals surface area contributed by atoms with Crippen molar-refractivity contribution >= 4 is 25.0 Å². The summed E-state index contributed by atoms with van der Waals surface area (Å²) in [5, 5.41) is 0. The zero-order valence-electron chi connectivity index (χ0n) is 6.74. The first kappa shape index (κ1) is 10.8.